The number of nitrogens with zero attached hydrogens (tertiary/aromatic N) is 6. The minimum Gasteiger partial charge on any atom is -0.356 e. The second-order valence-corrected chi connectivity index (χ2v) is 8.77. The Bertz CT molecular complexity index is 1430. The molecule has 0 amide bonds. The number of hydrogen-bond donors (Lipinski definition) is 0. The van der Waals surface area contributed by atoms with E-state index < -0.39 is 5.82 Å². The third kappa shape index (κ3) is 3.86. The molecule has 8 nitrogen and oxygen atoms in total. The Kier molecular flexibility index (Phi) is 5.36. The fourth-order valence-electron chi connectivity index (χ4n) is 4.29. The van der Waals surface area contributed by atoms with Crippen molar-refractivity contribution >= 4 is 28.3 Å². The van der Waals surface area contributed by atoms with Gasteiger partial charge in [0.15, 0.2) is 5.82 Å². The highest BCUT2D eigenvalue weighted by Crippen LogP contribution is 2.33. The molecule has 0 N–H and O–H groups in total. The lowest BCUT2D eigenvalue weighted by Gasteiger charge is -2.32. The summed E-state index contributed by atoms with van der Waals surface area (Å²) in [6, 6.07) is 6.14. The molecular formula is C23H22ClFN6O2. The van der Waals surface area contributed by atoms with Gasteiger partial charge in [-0.05, 0) is 44.9 Å². The first kappa shape index (κ1) is 21.5. The summed E-state index contributed by atoms with van der Waals surface area (Å²) >= 11 is 5.96. The molecule has 1 aliphatic heterocycles. The lowest BCUT2D eigenvalue weighted by atomic mass is 9.97. The molecule has 1 unspecified atom stereocenters. The quantitative estimate of drug-likeness (QED) is 0.445. The van der Waals surface area contributed by atoms with E-state index in [1.807, 2.05) is 0 Å². The fourth-order valence-corrected chi connectivity index (χ4v) is 4.44. The average molecular weight is 469 g/mol. The first-order valence-corrected chi connectivity index (χ1v) is 11.1. The number of aryl methyl sites for hydroxylation is 2. The van der Waals surface area contributed by atoms with Crippen molar-refractivity contribution in [3.8, 4) is 11.3 Å². The van der Waals surface area contributed by atoms with E-state index in [2.05, 4.69) is 20.0 Å². The van der Waals surface area contributed by atoms with Crippen LogP contribution in [0.3, 0.4) is 0 Å². The number of piperidine rings is 1. The van der Waals surface area contributed by atoms with Crippen LogP contribution in [-0.2, 0) is 7.05 Å². The zero-order chi connectivity index (χ0) is 23.3. The summed E-state index contributed by atoms with van der Waals surface area (Å²) in [6.07, 6.45) is 1.82. The zero-order valence-corrected chi connectivity index (χ0v) is 19.2. The summed E-state index contributed by atoms with van der Waals surface area (Å²) in [5.74, 6) is 1.89. The zero-order valence-electron chi connectivity index (χ0n) is 18.5. The third-order valence-corrected chi connectivity index (χ3v) is 6.33. The van der Waals surface area contributed by atoms with Crippen molar-refractivity contribution in [2.45, 2.75) is 32.6 Å². The average Bonchev–Trinajstić information content (AvgIpc) is 3.23. The van der Waals surface area contributed by atoms with Crippen LogP contribution in [0.25, 0.3) is 22.2 Å². The Balaban J connectivity index is 1.67. The van der Waals surface area contributed by atoms with Crippen LogP contribution in [0, 0.1) is 19.7 Å². The highest BCUT2D eigenvalue weighted by molar-refractivity contribution is 6.30. The highest BCUT2D eigenvalue weighted by atomic mass is 35.5. The van der Waals surface area contributed by atoms with E-state index in [4.69, 9.17) is 21.1 Å². The molecule has 1 saturated heterocycles. The lowest BCUT2D eigenvalue weighted by Crippen LogP contribution is -2.35. The van der Waals surface area contributed by atoms with Gasteiger partial charge in [0.1, 0.15) is 17.5 Å². The number of aromatic nitrogens is 5. The molecule has 4 aromatic rings. The smallest absolute Gasteiger partial charge is 0.263 e. The molecule has 0 radical (unpaired) electrons. The molecule has 1 atom stereocenters. The monoisotopic (exact) mass is 468 g/mol. The summed E-state index contributed by atoms with van der Waals surface area (Å²) in [4.78, 5) is 29.0. The van der Waals surface area contributed by atoms with E-state index >= 15 is 0 Å². The van der Waals surface area contributed by atoms with Gasteiger partial charge in [-0.3, -0.25) is 9.36 Å². The van der Waals surface area contributed by atoms with Crippen molar-refractivity contribution in [3.63, 3.8) is 0 Å². The second-order valence-electron chi connectivity index (χ2n) is 8.34. The van der Waals surface area contributed by atoms with E-state index in [1.165, 1.54) is 10.6 Å². The number of hydrogen-bond acceptors (Lipinski definition) is 7. The third-order valence-electron chi connectivity index (χ3n) is 6.10. The topological polar surface area (TPSA) is 89.9 Å². The molecular weight excluding hydrogens is 447 g/mol. The van der Waals surface area contributed by atoms with Crippen LogP contribution >= 0.6 is 11.6 Å². The maximum absolute atomic E-state index is 14.9. The first-order valence-electron chi connectivity index (χ1n) is 10.7. The predicted octanol–water partition coefficient (Wildman–Crippen LogP) is 4.17. The van der Waals surface area contributed by atoms with Crippen LogP contribution in [0.15, 0.2) is 33.6 Å². The summed E-state index contributed by atoms with van der Waals surface area (Å²) in [5, 5.41) is 4.45. The first-order chi connectivity index (χ1) is 15.8. The summed E-state index contributed by atoms with van der Waals surface area (Å²) in [5.41, 5.74) is 0.648. The van der Waals surface area contributed by atoms with Crippen molar-refractivity contribution in [2.75, 3.05) is 18.0 Å². The molecule has 0 bridgehead atoms. The minimum atomic E-state index is -0.547. The molecule has 170 valence electrons. The predicted molar refractivity (Wildman–Crippen MR) is 123 cm³/mol. The minimum absolute atomic E-state index is 0.0616. The standard InChI is InChI=1S/C23H22ClFN6O2/c1-12-26-22(33-29-12)14-5-4-8-31(11-14)19-10-18-20(23(32)30(3)13(2)27-18)21(28-19)16-7-6-15(24)9-17(16)25/h6-7,9-10,14H,4-5,8,11H2,1-3H3. The van der Waals surface area contributed by atoms with Crippen molar-refractivity contribution in [3.05, 3.63) is 63.0 Å². The number of benzene rings is 1. The lowest BCUT2D eigenvalue weighted by molar-refractivity contribution is 0.331. The molecule has 4 heterocycles. The van der Waals surface area contributed by atoms with Crippen molar-refractivity contribution in [1.82, 2.24) is 24.7 Å². The highest BCUT2D eigenvalue weighted by Gasteiger charge is 2.28. The van der Waals surface area contributed by atoms with Crippen LogP contribution in [0.1, 0.15) is 36.3 Å². The molecule has 10 heteroatoms. The van der Waals surface area contributed by atoms with E-state index in [9.17, 15) is 9.18 Å². The molecule has 5 rings (SSSR count). The van der Waals surface area contributed by atoms with Gasteiger partial charge in [-0.15, -0.1) is 0 Å². The van der Waals surface area contributed by atoms with Gasteiger partial charge >= 0.3 is 0 Å². The van der Waals surface area contributed by atoms with Crippen molar-refractivity contribution in [2.24, 2.45) is 7.05 Å². The van der Waals surface area contributed by atoms with Gasteiger partial charge in [-0.2, -0.15) is 4.98 Å². The van der Waals surface area contributed by atoms with Gasteiger partial charge in [0, 0.05) is 36.8 Å². The molecule has 33 heavy (non-hydrogen) atoms. The van der Waals surface area contributed by atoms with E-state index in [0.29, 0.717) is 35.4 Å². The normalized spacial score (nSPS) is 16.5. The van der Waals surface area contributed by atoms with Crippen LogP contribution < -0.4 is 10.5 Å². The van der Waals surface area contributed by atoms with Crippen molar-refractivity contribution in [1.29, 1.82) is 0 Å². The fraction of sp³-hybridized carbons (Fsp3) is 0.348. The molecule has 0 spiro atoms. The van der Waals surface area contributed by atoms with Gasteiger partial charge in [-0.1, -0.05) is 16.8 Å². The van der Waals surface area contributed by atoms with Gasteiger partial charge in [0.05, 0.1) is 22.5 Å². The number of fused-ring (bicyclic) bond motifs is 1. The summed E-state index contributed by atoms with van der Waals surface area (Å²) < 4.78 is 21.8. The van der Waals surface area contributed by atoms with Crippen molar-refractivity contribution < 1.29 is 8.91 Å². The van der Waals surface area contributed by atoms with Gasteiger partial charge in [-0.25, -0.2) is 14.4 Å². The maximum atomic E-state index is 14.9. The van der Waals surface area contributed by atoms with Gasteiger partial charge in [0.2, 0.25) is 5.89 Å². The van der Waals surface area contributed by atoms with E-state index in [-0.39, 0.29) is 33.1 Å². The van der Waals surface area contributed by atoms with E-state index in [1.54, 1.807) is 39.1 Å². The number of halogens is 2. The van der Waals surface area contributed by atoms with Crippen LogP contribution in [0.2, 0.25) is 5.02 Å². The molecule has 1 fully saturated rings. The molecule has 1 aliphatic rings. The van der Waals surface area contributed by atoms with Crippen LogP contribution in [0.4, 0.5) is 10.2 Å². The molecule has 1 aromatic carbocycles. The SMILES string of the molecule is Cc1noc(C2CCCN(c3cc4nc(C)n(C)c(=O)c4c(-c4ccc(Cl)cc4F)n3)C2)n1. The Morgan fingerprint density at radius 3 is 2.73 bits per heavy atom. The Morgan fingerprint density at radius 1 is 1.18 bits per heavy atom. The Hall–Kier alpha value is -3.33. The molecule has 0 aliphatic carbocycles. The largest absolute Gasteiger partial charge is 0.356 e. The van der Waals surface area contributed by atoms with Gasteiger partial charge in [0.25, 0.3) is 5.56 Å². The van der Waals surface area contributed by atoms with Crippen LogP contribution in [-0.4, -0.2) is 37.8 Å². The number of anilines is 1. The molecule has 0 saturated carbocycles. The molecule has 3 aromatic heterocycles. The Morgan fingerprint density at radius 2 is 2.00 bits per heavy atom. The van der Waals surface area contributed by atoms with Gasteiger partial charge < -0.3 is 9.42 Å². The van der Waals surface area contributed by atoms with Crippen LogP contribution in [0.5, 0.6) is 0 Å². The Labute approximate surface area is 194 Å². The number of pyridine rings is 1. The van der Waals surface area contributed by atoms with E-state index in [0.717, 1.165) is 19.4 Å². The second kappa shape index (κ2) is 8.22. The number of rotatable bonds is 3. The summed E-state index contributed by atoms with van der Waals surface area (Å²) in [7, 11) is 1.64. The summed E-state index contributed by atoms with van der Waals surface area (Å²) in [6.45, 7) is 4.93. The maximum Gasteiger partial charge on any atom is 0.263 e.